The lowest BCUT2D eigenvalue weighted by molar-refractivity contribution is -0.0221. The normalized spacial score (nSPS) is 49.5. The van der Waals surface area contributed by atoms with Crippen molar-refractivity contribution in [2.75, 3.05) is 7.05 Å². The highest BCUT2D eigenvalue weighted by Gasteiger charge is 2.45. The van der Waals surface area contributed by atoms with Crippen molar-refractivity contribution in [1.29, 1.82) is 0 Å². The molecular weight excluding hydrogens is 220 g/mol. The Labute approximate surface area is 113 Å². The second kappa shape index (κ2) is 5.13. The summed E-state index contributed by atoms with van der Waals surface area (Å²) in [4.78, 5) is 2.98. The van der Waals surface area contributed by atoms with Gasteiger partial charge < -0.3 is 5.32 Å². The molecule has 1 saturated carbocycles. The molecule has 2 nitrogen and oxygen atoms in total. The lowest BCUT2D eigenvalue weighted by Gasteiger charge is -2.52. The van der Waals surface area contributed by atoms with Crippen LogP contribution in [0, 0.1) is 11.8 Å². The molecule has 0 amide bonds. The predicted octanol–water partition coefficient (Wildman–Crippen LogP) is 3.03. The summed E-state index contributed by atoms with van der Waals surface area (Å²) in [5.74, 6) is 1.86. The van der Waals surface area contributed by atoms with Gasteiger partial charge in [0.25, 0.3) is 0 Å². The van der Waals surface area contributed by atoms with Gasteiger partial charge in [-0.2, -0.15) is 0 Å². The fourth-order valence-electron chi connectivity index (χ4n) is 4.95. The van der Waals surface area contributed by atoms with E-state index in [4.69, 9.17) is 0 Å². The molecule has 2 heteroatoms. The molecular formula is C16H30N2. The molecule has 5 unspecified atom stereocenters. The molecule has 3 fully saturated rings. The molecule has 5 atom stereocenters. The van der Waals surface area contributed by atoms with Crippen molar-refractivity contribution in [1.82, 2.24) is 10.2 Å². The van der Waals surface area contributed by atoms with Gasteiger partial charge in [-0.15, -0.1) is 0 Å². The standard InChI is InChI=1S/C16H30N2/c1-11-7-8-16(12(11)2)18-14-5-4-6-15(18)10-13(9-14)17-3/h11-17H,4-10H2,1-3H3. The maximum atomic E-state index is 3.54. The monoisotopic (exact) mass is 250 g/mol. The Morgan fingerprint density at radius 3 is 2.11 bits per heavy atom. The van der Waals surface area contributed by atoms with Crippen molar-refractivity contribution >= 4 is 0 Å². The van der Waals surface area contributed by atoms with Crippen LogP contribution in [-0.2, 0) is 0 Å². The fraction of sp³-hybridized carbons (Fsp3) is 1.00. The van der Waals surface area contributed by atoms with Crippen LogP contribution < -0.4 is 5.32 Å². The molecule has 1 N–H and O–H groups in total. The fourth-order valence-corrected chi connectivity index (χ4v) is 4.95. The van der Waals surface area contributed by atoms with E-state index in [9.17, 15) is 0 Å². The summed E-state index contributed by atoms with van der Waals surface area (Å²) in [5.41, 5.74) is 0. The number of hydrogen-bond acceptors (Lipinski definition) is 2. The number of nitrogens with one attached hydrogen (secondary N) is 1. The Balaban J connectivity index is 1.76. The van der Waals surface area contributed by atoms with E-state index >= 15 is 0 Å². The first-order valence-electron chi connectivity index (χ1n) is 8.15. The average Bonchev–Trinajstić information content (AvgIpc) is 2.68. The predicted molar refractivity (Wildman–Crippen MR) is 76.7 cm³/mol. The first kappa shape index (κ1) is 12.9. The van der Waals surface area contributed by atoms with Crippen molar-refractivity contribution in [3.63, 3.8) is 0 Å². The van der Waals surface area contributed by atoms with Gasteiger partial charge >= 0.3 is 0 Å². The van der Waals surface area contributed by atoms with E-state index in [1.807, 2.05) is 0 Å². The van der Waals surface area contributed by atoms with Crippen LogP contribution in [0.3, 0.4) is 0 Å². The van der Waals surface area contributed by atoms with E-state index < -0.39 is 0 Å². The Bertz CT molecular complexity index is 277. The highest BCUT2D eigenvalue weighted by molar-refractivity contribution is 5.00. The van der Waals surface area contributed by atoms with Crippen LogP contribution in [0.5, 0.6) is 0 Å². The zero-order chi connectivity index (χ0) is 12.7. The topological polar surface area (TPSA) is 15.3 Å². The second-order valence-corrected chi connectivity index (χ2v) is 7.12. The maximum Gasteiger partial charge on any atom is 0.0129 e. The lowest BCUT2D eigenvalue weighted by atomic mass is 9.79. The van der Waals surface area contributed by atoms with E-state index in [0.29, 0.717) is 0 Å². The van der Waals surface area contributed by atoms with Crippen molar-refractivity contribution in [2.24, 2.45) is 11.8 Å². The number of piperidine rings is 2. The molecule has 2 heterocycles. The van der Waals surface area contributed by atoms with Crippen LogP contribution >= 0.6 is 0 Å². The van der Waals surface area contributed by atoms with Crippen LogP contribution in [0.4, 0.5) is 0 Å². The van der Waals surface area contributed by atoms with Gasteiger partial charge in [0, 0.05) is 24.2 Å². The SMILES string of the molecule is CNC1CC2CCCC(C1)N2C1CCC(C)C1C. The molecule has 3 rings (SSSR count). The third-order valence-electron chi connectivity index (χ3n) is 6.24. The molecule has 3 aliphatic rings. The van der Waals surface area contributed by atoms with Gasteiger partial charge in [0.15, 0.2) is 0 Å². The number of fused-ring (bicyclic) bond motifs is 2. The second-order valence-electron chi connectivity index (χ2n) is 7.12. The highest BCUT2D eigenvalue weighted by atomic mass is 15.2. The lowest BCUT2D eigenvalue weighted by Crippen LogP contribution is -2.59. The van der Waals surface area contributed by atoms with E-state index in [2.05, 4.69) is 31.1 Å². The van der Waals surface area contributed by atoms with Gasteiger partial charge in [0.2, 0.25) is 0 Å². The maximum absolute atomic E-state index is 3.54. The first-order chi connectivity index (χ1) is 8.70. The third kappa shape index (κ3) is 2.12. The number of hydrogen-bond donors (Lipinski definition) is 1. The summed E-state index contributed by atoms with van der Waals surface area (Å²) in [6, 6.07) is 3.44. The molecule has 2 bridgehead atoms. The van der Waals surface area contributed by atoms with E-state index in [0.717, 1.165) is 36.0 Å². The van der Waals surface area contributed by atoms with Gasteiger partial charge in [-0.1, -0.05) is 20.3 Å². The molecule has 1 aliphatic carbocycles. The summed E-state index contributed by atoms with van der Waals surface area (Å²) in [6.45, 7) is 4.96. The van der Waals surface area contributed by atoms with E-state index in [-0.39, 0.29) is 0 Å². The third-order valence-corrected chi connectivity index (χ3v) is 6.24. The zero-order valence-corrected chi connectivity index (χ0v) is 12.4. The van der Waals surface area contributed by atoms with Crippen molar-refractivity contribution in [3.8, 4) is 0 Å². The van der Waals surface area contributed by atoms with Crippen molar-refractivity contribution < 1.29 is 0 Å². The Morgan fingerprint density at radius 2 is 1.61 bits per heavy atom. The molecule has 2 aliphatic heterocycles. The number of rotatable bonds is 2. The molecule has 18 heavy (non-hydrogen) atoms. The number of nitrogens with zero attached hydrogens (tertiary/aromatic N) is 1. The minimum absolute atomic E-state index is 0.783. The molecule has 0 radical (unpaired) electrons. The van der Waals surface area contributed by atoms with Crippen molar-refractivity contribution in [3.05, 3.63) is 0 Å². The van der Waals surface area contributed by atoms with Crippen LogP contribution in [0.15, 0.2) is 0 Å². The quantitative estimate of drug-likeness (QED) is 0.810. The van der Waals surface area contributed by atoms with Crippen LogP contribution in [0.1, 0.15) is 58.8 Å². The molecule has 0 aromatic heterocycles. The minimum atomic E-state index is 0.783. The van der Waals surface area contributed by atoms with Gasteiger partial charge in [0.05, 0.1) is 0 Å². The summed E-state index contributed by atoms with van der Waals surface area (Å²) in [7, 11) is 2.15. The summed E-state index contributed by atoms with van der Waals surface area (Å²) < 4.78 is 0. The smallest absolute Gasteiger partial charge is 0.0129 e. The van der Waals surface area contributed by atoms with Crippen LogP contribution in [-0.4, -0.2) is 36.1 Å². The molecule has 0 aromatic carbocycles. The van der Waals surface area contributed by atoms with Gasteiger partial charge in [-0.05, 0) is 57.4 Å². The van der Waals surface area contributed by atoms with Crippen molar-refractivity contribution in [2.45, 2.75) is 83.0 Å². The van der Waals surface area contributed by atoms with Crippen LogP contribution in [0.25, 0.3) is 0 Å². The van der Waals surface area contributed by atoms with Gasteiger partial charge in [-0.3, -0.25) is 4.90 Å². The summed E-state index contributed by atoms with van der Waals surface area (Å²) in [5, 5.41) is 3.54. The molecule has 2 saturated heterocycles. The summed E-state index contributed by atoms with van der Waals surface area (Å²) >= 11 is 0. The average molecular weight is 250 g/mol. The largest absolute Gasteiger partial charge is 0.317 e. The van der Waals surface area contributed by atoms with Gasteiger partial charge in [0.1, 0.15) is 0 Å². The Hall–Kier alpha value is -0.0800. The van der Waals surface area contributed by atoms with Crippen LogP contribution in [0.2, 0.25) is 0 Å². The van der Waals surface area contributed by atoms with Gasteiger partial charge in [-0.25, -0.2) is 0 Å². The molecule has 0 aromatic rings. The first-order valence-corrected chi connectivity index (χ1v) is 8.15. The Kier molecular flexibility index (Phi) is 3.68. The minimum Gasteiger partial charge on any atom is -0.317 e. The zero-order valence-electron chi connectivity index (χ0n) is 12.4. The highest BCUT2D eigenvalue weighted by Crippen LogP contribution is 2.43. The van der Waals surface area contributed by atoms with E-state index in [1.54, 1.807) is 0 Å². The Morgan fingerprint density at radius 1 is 0.944 bits per heavy atom. The molecule has 104 valence electrons. The molecule has 0 spiro atoms. The summed E-state index contributed by atoms with van der Waals surface area (Å²) in [6.07, 6.45) is 10.1. The van der Waals surface area contributed by atoms with E-state index in [1.165, 1.54) is 44.9 Å².